The molecule has 0 atom stereocenters. The number of hydrogen-bond donors (Lipinski definition) is 2. The van der Waals surface area contributed by atoms with E-state index in [0.29, 0.717) is 18.5 Å². The number of carboxylic acid groups (broad SMARTS) is 1. The van der Waals surface area contributed by atoms with Gasteiger partial charge in [0, 0.05) is 24.9 Å². The Kier molecular flexibility index (Phi) is 4.44. The van der Waals surface area contributed by atoms with Crippen molar-refractivity contribution in [1.82, 2.24) is 10.3 Å². The Labute approximate surface area is 93.5 Å². The topological polar surface area (TPSA) is 79.3 Å². The highest BCUT2D eigenvalue weighted by Gasteiger charge is 2.04. The molecule has 5 nitrogen and oxygen atoms in total. The molecule has 1 aromatic heterocycles. The molecule has 1 amide bonds. The second-order valence-electron chi connectivity index (χ2n) is 3.44. The number of nitrogens with zero attached hydrogens (tertiary/aromatic N) is 1. The number of nitrogens with one attached hydrogen (secondary N) is 1. The highest BCUT2D eigenvalue weighted by atomic mass is 16.4. The Morgan fingerprint density at radius 3 is 2.75 bits per heavy atom. The van der Waals surface area contributed by atoms with E-state index in [1.807, 2.05) is 6.92 Å². The molecule has 0 bridgehead atoms. The fourth-order valence-corrected chi connectivity index (χ4v) is 1.15. The molecular formula is C11H14N2O3. The van der Waals surface area contributed by atoms with Crippen LogP contribution >= 0.6 is 0 Å². The molecule has 16 heavy (non-hydrogen) atoms. The number of carbonyl (C=O) groups excluding carboxylic acids is 1. The summed E-state index contributed by atoms with van der Waals surface area (Å²) >= 11 is 0. The third kappa shape index (κ3) is 4.08. The van der Waals surface area contributed by atoms with E-state index in [-0.39, 0.29) is 12.3 Å². The lowest BCUT2D eigenvalue weighted by molar-refractivity contribution is -0.137. The molecule has 86 valence electrons. The predicted molar refractivity (Wildman–Crippen MR) is 58.2 cm³/mol. The van der Waals surface area contributed by atoms with Crippen LogP contribution in [0.1, 0.15) is 28.9 Å². The highest BCUT2D eigenvalue weighted by molar-refractivity contribution is 5.93. The lowest BCUT2D eigenvalue weighted by atomic mass is 10.2. The van der Waals surface area contributed by atoms with E-state index in [4.69, 9.17) is 5.11 Å². The minimum Gasteiger partial charge on any atom is -0.481 e. The smallest absolute Gasteiger partial charge is 0.303 e. The maximum atomic E-state index is 11.5. The highest BCUT2D eigenvalue weighted by Crippen LogP contribution is 1.99. The number of hydrogen-bond acceptors (Lipinski definition) is 3. The third-order valence-corrected chi connectivity index (χ3v) is 2.03. The van der Waals surface area contributed by atoms with Crippen molar-refractivity contribution in [2.75, 3.05) is 6.54 Å². The van der Waals surface area contributed by atoms with Gasteiger partial charge in [-0.1, -0.05) is 0 Å². The summed E-state index contributed by atoms with van der Waals surface area (Å²) in [6.07, 6.45) is 1.99. The first kappa shape index (κ1) is 12.2. The van der Waals surface area contributed by atoms with Crippen molar-refractivity contribution in [3.63, 3.8) is 0 Å². The van der Waals surface area contributed by atoms with Crippen LogP contribution in [0.15, 0.2) is 18.3 Å². The molecule has 0 saturated carbocycles. The standard InChI is InChI=1S/C11H14N2O3/c1-8-4-5-9(7-13-8)11(16)12-6-2-3-10(14)15/h4-5,7H,2-3,6H2,1H3,(H,12,16)(H,14,15). The van der Waals surface area contributed by atoms with Gasteiger partial charge in [0.1, 0.15) is 0 Å². The van der Waals surface area contributed by atoms with Crippen LogP contribution in [0.3, 0.4) is 0 Å². The first-order valence-electron chi connectivity index (χ1n) is 5.02. The lowest BCUT2D eigenvalue weighted by Gasteiger charge is -2.03. The zero-order valence-electron chi connectivity index (χ0n) is 9.06. The zero-order chi connectivity index (χ0) is 12.0. The molecule has 0 fully saturated rings. The van der Waals surface area contributed by atoms with Crippen LogP contribution in [0.4, 0.5) is 0 Å². The Morgan fingerprint density at radius 2 is 2.19 bits per heavy atom. The number of aromatic nitrogens is 1. The zero-order valence-corrected chi connectivity index (χ0v) is 9.06. The third-order valence-electron chi connectivity index (χ3n) is 2.03. The molecule has 0 unspecified atom stereocenters. The van der Waals surface area contributed by atoms with Crippen LogP contribution in [-0.4, -0.2) is 28.5 Å². The number of aliphatic carboxylic acids is 1. The first-order chi connectivity index (χ1) is 7.59. The molecule has 0 saturated heterocycles. The van der Waals surface area contributed by atoms with Crippen LogP contribution < -0.4 is 5.32 Å². The van der Waals surface area contributed by atoms with Crippen LogP contribution in [0.25, 0.3) is 0 Å². The number of pyridine rings is 1. The Morgan fingerprint density at radius 1 is 1.44 bits per heavy atom. The molecule has 0 aliphatic heterocycles. The van der Waals surface area contributed by atoms with E-state index in [1.54, 1.807) is 12.1 Å². The molecule has 5 heteroatoms. The molecular weight excluding hydrogens is 208 g/mol. The summed E-state index contributed by atoms with van der Waals surface area (Å²) in [5, 5.41) is 11.0. The van der Waals surface area contributed by atoms with Gasteiger partial charge in [0.25, 0.3) is 5.91 Å². The Hall–Kier alpha value is -1.91. The normalized spacial score (nSPS) is 9.81. The van der Waals surface area contributed by atoms with Crippen molar-refractivity contribution in [2.45, 2.75) is 19.8 Å². The van der Waals surface area contributed by atoms with Gasteiger partial charge in [-0.3, -0.25) is 14.6 Å². The lowest BCUT2D eigenvalue weighted by Crippen LogP contribution is -2.25. The maximum Gasteiger partial charge on any atom is 0.303 e. The van der Waals surface area contributed by atoms with Crippen LogP contribution in [0.5, 0.6) is 0 Å². The molecule has 1 heterocycles. The molecule has 0 radical (unpaired) electrons. The predicted octanol–water partition coefficient (Wildman–Crippen LogP) is 0.985. The molecule has 0 aliphatic rings. The molecule has 0 aliphatic carbocycles. The molecule has 0 aromatic carbocycles. The molecule has 1 rings (SSSR count). The SMILES string of the molecule is Cc1ccc(C(=O)NCCCC(=O)O)cn1. The van der Waals surface area contributed by atoms with Crippen LogP contribution in [0.2, 0.25) is 0 Å². The van der Waals surface area contributed by atoms with E-state index >= 15 is 0 Å². The van der Waals surface area contributed by atoms with Crippen molar-refractivity contribution >= 4 is 11.9 Å². The Bertz CT molecular complexity index is 373. The minimum absolute atomic E-state index is 0.0619. The van der Waals surface area contributed by atoms with Crippen LogP contribution in [0, 0.1) is 6.92 Å². The molecule has 1 aromatic rings. The number of amides is 1. The van der Waals surface area contributed by atoms with Gasteiger partial charge in [0.2, 0.25) is 0 Å². The van der Waals surface area contributed by atoms with Gasteiger partial charge < -0.3 is 10.4 Å². The monoisotopic (exact) mass is 222 g/mol. The van der Waals surface area contributed by atoms with E-state index in [0.717, 1.165) is 5.69 Å². The van der Waals surface area contributed by atoms with E-state index in [9.17, 15) is 9.59 Å². The molecule has 2 N–H and O–H groups in total. The molecule has 0 spiro atoms. The van der Waals surface area contributed by atoms with Crippen LogP contribution in [-0.2, 0) is 4.79 Å². The average Bonchev–Trinajstić information content (AvgIpc) is 2.25. The van der Waals surface area contributed by atoms with Gasteiger partial charge >= 0.3 is 5.97 Å². The summed E-state index contributed by atoms with van der Waals surface area (Å²) in [6.45, 7) is 2.20. The fraction of sp³-hybridized carbons (Fsp3) is 0.364. The van der Waals surface area contributed by atoms with Gasteiger partial charge in [-0.15, -0.1) is 0 Å². The fourth-order valence-electron chi connectivity index (χ4n) is 1.15. The second kappa shape index (κ2) is 5.85. The van der Waals surface area contributed by atoms with Crippen molar-refractivity contribution in [1.29, 1.82) is 0 Å². The van der Waals surface area contributed by atoms with Gasteiger partial charge in [0.05, 0.1) is 5.56 Å². The average molecular weight is 222 g/mol. The van der Waals surface area contributed by atoms with Crippen molar-refractivity contribution in [3.05, 3.63) is 29.6 Å². The number of carboxylic acids is 1. The number of aryl methyl sites for hydroxylation is 1. The van der Waals surface area contributed by atoms with Gasteiger partial charge in [-0.05, 0) is 25.5 Å². The number of rotatable bonds is 5. The Balaban J connectivity index is 2.35. The summed E-state index contributed by atoms with van der Waals surface area (Å²) in [5.74, 6) is -1.08. The van der Waals surface area contributed by atoms with Gasteiger partial charge in [-0.2, -0.15) is 0 Å². The summed E-state index contributed by atoms with van der Waals surface area (Å²) in [4.78, 5) is 25.7. The van der Waals surface area contributed by atoms with E-state index < -0.39 is 5.97 Å². The summed E-state index contributed by atoms with van der Waals surface area (Å²) in [6, 6.07) is 3.45. The maximum absolute atomic E-state index is 11.5. The summed E-state index contributed by atoms with van der Waals surface area (Å²) in [7, 11) is 0. The number of carbonyl (C=O) groups is 2. The van der Waals surface area contributed by atoms with Crippen molar-refractivity contribution in [3.8, 4) is 0 Å². The minimum atomic E-state index is -0.855. The van der Waals surface area contributed by atoms with Gasteiger partial charge in [-0.25, -0.2) is 0 Å². The van der Waals surface area contributed by atoms with Gasteiger partial charge in [0.15, 0.2) is 0 Å². The van der Waals surface area contributed by atoms with Crippen molar-refractivity contribution in [2.24, 2.45) is 0 Å². The first-order valence-corrected chi connectivity index (χ1v) is 5.02. The quantitative estimate of drug-likeness (QED) is 0.728. The second-order valence-corrected chi connectivity index (χ2v) is 3.44. The largest absolute Gasteiger partial charge is 0.481 e. The summed E-state index contributed by atoms with van der Waals surface area (Å²) < 4.78 is 0. The van der Waals surface area contributed by atoms with E-state index in [2.05, 4.69) is 10.3 Å². The van der Waals surface area contributed by atoms with E-state index in [1.165, 1.54) is 6.20 Å². The summed E-state index contributed by atoms with van der Waals surface area (Å²) in [5.41, 5.74) is 1.34. The van der Waals surface area contributed by atoms with Crippen molar-refractivity contribution < 1.29 is 14.7 Å².